The minimum Gasteiger partial charge on any atom is -0.342 e. The van der Waals surface area contributed by atoms with E-state index in [9.17, 15) is 9.59 Å². The second kappa shape index (κ2) is 10.8. The number of hydrogen-bond donors (Lipinski definition) is 0. The van der Waals surface area contributed by atoms with Crippen LogP contribution in [0.2, 0.25) is 0 Å². The topological polar surface area (TPSA) is 40.6 Å². The number of carbonyl (C=O) groups excluding carboxylic acids is 2. The Kier molecular flexibility index (Phi) is 8.43. The lowest BCUT2D eigenvalue weighted by atomic mass is 10.0. The predicted molar refractivity (Wildman–Crippen MR) is 106 cm³/mol. The lowest BCUT2D eigenvalue weighted by Crippen LogP contribution is -2.41. The van der Waals surface area contributed by atoms with Gasteiger partial charge < -0.3 is 9.80 Å². The first-order valence-corrected chi connectivity index (χ1v) is 9.90. The third-order valence-electron chi connectivity index (χ3n) is 5.22. The summed E-state index contributed by atoms with van der Waals surface area (Å²) in [6.07, 6.45) is 15.5. The van der Waals surface area contributed by atoms with Gasteiger partial charge in [-0.3, -0.25) is 9.59 Å². The predicted octanol–water partition coefficient (Wildman–Crippen LogP) is 3.86. The maximum absolute atomic E-state index is 13.1. The third kappa shape index (κ3) is 5.47. The van der Waals surface area contributed by atoms with E-state index in [2.05, 4.69) is 31.0 Å². The molecule has 0 spiro atoms. The lowest BCUT2D eigenvalue weighted by Gasteiger charge is -2.25. The molecule has 2 atom stereocenters. The quantitative estimate of drug-likeness (QED) is 0.272. The number of carbonyl (C=O) groups is 2. The van der Waals surface area contributed by atoms with Crippen LogP contribution in [0.4, 0.5) is 0 Å². The molecule has 0 N–H and O–H groups in total. The van der Waals surface area contributed by atoms with Gasteiger partial charge in [0.05, 0.1) is 6.04 Å². The number of rotatable bonds is 9. The summed E-state index contributed by atoms with van der Waals surface area (Å²) in [6, 6.07) is 0.0902. The molecule has 1 unspecified atom stereocenters. The zero-order valence-corrected chi connectivity index (χ0v) is 15.9. The molecule has 0 aliphatic carbocycles. The Labute approximate surface area is 157 Å². The van der Waals surface area contributed by atoms with Gasteiger partial charge in [0.2, 0.25) is 11.8 Å². The van der Waals surface area contributed by atoms with Gasteiger partial charge in [0, 0.05) is 19.6 Å². The van der Waals surface area contributed by atoms with Crippen LogP contribution in [0, 0.1) is 5.92 Å². The van der Waals surface area contributed by atoms with Crippen molar-refractivity contribution in [3.63, 3.8) is 0 Å². The smallest absolute Gasteiger partial charge is 0.235 e. The molecule has 1 fully saturated rings. The van der Waals surface area contributed by atoms with Crippen LogP contribution in [0.15, 0.2) is 43.2 Å². The fraction of sp³-hybridized carbons (Fsp3) is 0.591. The summed E-state index contributed by atoms with van der Waals surface area (Å²) in [5, 5.41) is 0. The summed E-state index contributed by atoms with van der Waals surface area (Å²) < 4.78 is 0. The van der Waals surface area contributed by atoms with Crippen molar-refractivity contribution in [1.29, 1.82) is 0 Å². The van der Waals surface area contributed by atoms with Crippen molar-refractivity contribution in [2.75, 3.05) is 19.6 Å². The number of fused-ring (bicyclic) bond motifs is 1. The van der Waals surface area contributed by atoms with Crippen LogP contribution >= 0.6 is 0 Å². The van der Waals surface area contributed by atoms with E-state index in [1.807, 2.05) is 22.0 Å². The van der Waals surface area contributed by atoms with Gasteiger partial charge in [-0.1, -0.05) is 24.8 Å². The standard InChI is InChI=1S/C22H32N2O2/c1-3-5-7-12-16-23(15-11-6-4-2)21(25)20-18-19-14-10-8-9-13-17-24(19)22(20)26/h3,6,10,14,19-20H,1-2,5,7-9,11-13,15-18H2/b14-10-/t19-,20?/m0/s1. The summed E-state index contributed by atoms with van der Waals surface area (Å²) in [6.45, 7) is 9.42. The van der Waals surface area contributed by atoms with E-state index in [4.69, 9.17) is 0 Å². The molecule has 142 valence electrons. The molecule has 4 heteroatoms. The maximum Gasteiger partial charge on any atom is 0.235 e. The molecular weight excluding hydrogens is 324 g/mol. The van der Waals surface area contributed by atoms with Gasteiger partial charge in [0.15, 0.2) is 0 Å². The van der Waals surface area contributed by atoms with Crippen molar-refractivity contribution in [2.45, 2.75) is 57.4 Å². The van der Waals surface area contributed by atoms with Crippen molar-refractivity contribution in [3.05, 3.63) is 43.2 Å². The molecule has 0 bridgehead atoms. The van der Waals surface area contributed by atoms with Crippen LogP contribution < -0.4 is 0 Å². The molecule has 26 heavy (non-hydrogen) atoms. The molecule has 2 heterocycles. The first kappa shape index (κ1) is 20.3. The van der Waals surface area contributed by atoms with Gasteiger partial charge in [-0.05, 0) is 57.4 Å². The number of nitrogens with zero attached hydrogens (tertiary/aromatic N) is 2. The number of hydrogen-bond acceptors (Lipinski definition) is 2. The molecule has 0 radical (unpaired) electrons. The Morgan fingerprint density at radius 2 is 2.15 bits per heavy atom. The summed E-state index contributed by atoms with van der Waals surface area (Å²) in [7, 11) is 0. The normalized spacial score (nSPS) is 23.4. The Morgan fingerprint density at radius 3 is 2.92 bits per heavy atom. The molecule has 4 nitrogen and oxygen atoms in total. The second-order valence-corrected chi connectivity index (χ2v) is 7.12. The monoisotopic (exact) mass is 356 g/mol. The summed E-state index contributed by atoms with van der Waals surface area (Å²) in [4.78, 5) is 29.8. The highest BCUT2D eigenvalue weighted by atomic mass is 16.2. The highest BCUT2D eigenvalue weighted by Crippen LogP contribution is 2.29. The second-order valence-electron chi connectivity index (χ2n) is 7.12. The Balaban J connectivity index is 2.03. The van der Waals surface area contributed by atoms with Gasteiger partial charge >= 0.3 is 0 Å². The van der Waals surface area contributed by atoms with Crippen molar-refractivity contribution < 1.29 is 9.59 Å². The minimum absolute atomic E-state index is 0.00814. The average molecular weight is 357 g/mol. The Bertz CT molecular complexity index is 575. The number of unbranched alkanes of at least 4 members (excludes halogenated alkanes) is 2. The first-order chi connectivity index (χ1) is 12.7. The van der Waals surface area contributed by atoms with Crippen molar-refractivity contribution >= 4 is 11.8 Å². The summed E-state index contributed by atoms with van der Waals surface area (Å²) in [5.41, 5.74) is 2.76. The number of amides is 2. The molecule has 1 saturated heterocycles. The van der Waals surface area contributed by atoms with Gasteiger partial charge in [-0.2, -0.15) is 0 Å². The van der Waals surface area contributed by atoms with Crippen LogP contribution in [0.5, 0.6) is 0 Å². The third-order valence-corrected chi connectivity index (χ3v) is 5.22. The number of allylic oxidation sites excluding steroid dienone is 2. The van der Waals surface area contributed by atoms with E-state index in [-0.39, 0.29) is 17.9 Å². The fourth-order valence-corrected chi connectivity index (χ4v) is 3.76. The Hall–Kier alpha value is -2.06. The summed E-state index contributed by atoms with van der Waals surface area (Å²) >= 11 is 0. The fourth-order valence-electron chi connectivity index (χ4n) is 3.76. The van der Waals surface area contributed by atoms with Crippen LogP contribution in [-0.2, 0) is 9.59 Å². The van der Waals surface area contributed by atoms with Gasteiger partial charge in [-0.15, -0.1) is 12.3 Å². The van der Waals surface area contributed by atoms with E-state index < -0.39 is 5.92 Å². The molecule has 2 amide bonds. The summed E-state index contributed by atoms with van der Waals surface area (Å²) in [5.74, 6) is -0.511. The molecular formula is C22H32N2O2. The Morgan fingerprint density at radius 1 is 1.31 bits per heavy atom. The van der Waals surface area contributed by atoms with Gasteiger partial charge in [-0.25, -0.2) is 0 Å². The van der Waals surface area contributed by atoms with Crippen LogP contribution in [0.25, 0.3) is 0 Å². The lowest BCUT2D eigenvalue weighted by molar-refractivity contribution is -0.143. The molecule has 0 aromatic rings. The zero-order chi connectivity index (χ0) is 18.8. The van der Waals surface area contributed by atoms with Gasteiger partial charge in [0.25, 0.3) is 0 Å². The SMILES string of the molecule is C=C=CCCN(CCCCC=C)C(=O)C1C[C@@H]2/C=C\CCCCN2C1=O. The van der Waals surface area contributed by atoms with Crippen LogP contribution in [0.1, 0.15) is 51.4 Å². The van der Waals surface area contributed by atoms with Crippen molar-refractivity contribution in [1.82, 2.24) is 9.80 Å². The molecule has 2 aliphatic heterocycles. The molecule has 0 aromatic carbocycles. The van der Waals surface area contributed by atoms with Crippen molar-refractivity contribution in [3.8, 4) is 0 Å². The average Bonchev–Trinajstić information content (AvgIpc) is 2.91. The van der Waals surface area contributed by atoms with E-state index in [1.54, 1.807) is 0 Å². The highest BCUT2D eigenvalue weighted by Gasteiger charge is 2.43. The van der Waals surface area contributed by atoms with Crippen LogP contribution in [-0.4, -0.2) is 47.3 Å². The van der Waals surface area contributed by atoms with E-state index in [0.29, 0.717) is 19.5 Å². The van der Waals surface area contributed by atoms with E-state index in [1.165, 1.54) is 0 Å². The molecule has 2 rings (SSSR count). The molecule has 2 aliphatic rings. The van der Waals surface area contributed by atoms with Gasteiger partial charge in [0.1, 0.15) is 5.92 Å². The first-order valence-electron chi connectivity index (χ1n) is 9.90. The maximum atomic E-state index is 13.1. The largest absolute Gasteiger partial charge is 0.342 e. The van der Waals surface area contributed by atoms with E-state index in [0.717, 1.165) is 51.5 Å². The van der Waals surface area contributed by atoms with E-state index >= 15 is 0 Å². The molecule has 0 aromatic heterocycles. The molecule has 0 saturated carbocycles. The van der Waals surface area contributed by atoms with Crippen LogP contribution in [0.3, 0.4) is 0 Å². The highest BCUT2D eigenvalue weighted by molar-refractivity contribution is 6.02. The zero-order valence-electron chi connectivity index (χ0n) is 15.9. The minimum atomic E-state index is -0.519. The van der Waals surface area contributed by atoms with Crippen molar-refractivity contribution in [2.24, 2.45) is 5.92 Å².